The van der Waals surface area contributed by atoms with Crippen LogP contribution in [0.25, 0.3) is 10.9 Å². The molecule has 4 aliphatic rings. The van der Waals surface area contributed by atoms with E-state index in [1.807, 2.05) is 0 Å². The van der Waals surface area contributed by atoms with Crippen molar-refractivity contribution in [1.82, 2.24) is 14.4 Å². The number of aryl methyl sites for hydroxylation is 1. The van der Waals surface area contributed by atoms with Crippen molar-refractivity contribution in [2.24, 2.45) is 0 Å². The van der Waals surface area contributed by atoms with Crippen LogP contribution in [0.3, 0.4) is 0 Å². The first kappa shape index (κ1) is 60.2. The van der Waals surface area contributed by atoms with Gasteiger partial charge in [-0.1, -0.05) is 140 Å². The van der Waals surface area contributed by atoms with E-state index in [9.17, 15) is 0 Å². The third-order valence-electron chi connectivity index (χ3n) is 13.0. The highest BCUT2D eigenvalue weighted by Gasteiger charge is 2.22. The van der Waals surface area contributed by atoms with Gasteiger partial charge in [0.15, 0.2) is 0 Å². The van der Waals surface area contributed by atoms with Crippen molar-refractivity contribution in [3.05, 3.63) is 167 Å². The molecule has 0 unspecified atom stereocenters. The summed E-state index contributed by atoms with van der Waals surface area (Å²) in [7, 11) is 0. The largest absolute Gasteiger partial charge is 0.369 e. The molecule has 0 bridgehead atoms. The van der Waals surface area contributed by atoms with Gasteiger partial charge in [-0.15, -0.1) is 0 Å². The topological polar surface area (TPSA) is 17.9 Å². The summed E-state index contributed by atoms with van der Waals surface area (Å²) in [6.07, 6.45) is 7.13. The molecule has 0 saturated heterocycles. The van der Waals surface area contributed by atoms with E-state index in [2.05, 4.69) is 227 Å². The quantitative estimate of drug-likeness (QED) is 0.171. The average molecular weight is 912 g/mol. The molecule has 0 fully saturated rings. The minimum atomic E-state index is 0. The smallest absolute Gasteiger partial charge is 0.0482 e. The first-order chi connectivity index (χ1) is 29.9. The van der Waals surface area contributed by atoms with Gasteiger partial charge in [-0.3, -0.25) is 9.80 Å². The van der Waals surface area contributed by atoms with Gasteiger partial charge < -0.3 is 14.4 Å². The summed E-state index contributed by atoms with van der Waals surface area (Å²) in [6.45, 7) is 29.5. The first-order valence-corrected chi connectivity index (χ1v) is 23.8. The van der Waals surface area contributed by atoms with Crippen molar-refractivity contribution in [2.45, 2.75) is 182 Å². The molecule has 5 nitrogen and oxygen atoms in total. The monoisotopic (exact) mass is 912 g/mol. The van der Waals surface area contributed by atoms with Crippen molar-refractivity contribution in [3.8, 4) is 0 Å². The Morgan fingerprint density at radius 3 is 1.25 bits per heavy atom. The number of fused-ring (bicyclic) bond motifs is 5. The van der Waals surface area contributed by atoms with Crippen LogP contribution in [0.15, 0.2) is 134 Å². The number of aromatic nitrogens is 1. The van der Waals surface area contributed by atoms with Crippen molar-refractivity contribution in [2.75, 3.05) is 29.4 Å². The summed E-state index contributed by atoms with van der Waals surface area (Å²) in [4.78, 5) is 9.99. The highest BCUT2D eigenvalue weighted by molar-refractivity contribution is 5.80. The van der Waals surface area contributed by atoms with Gasteiger partial charge >= 0.3 is 0 Å². The zero-order valence-electron chi connectivity index (χ0n) is 39.9. The molecule has 0 saturated carbocycles. The number of hydrogen-bond acceptors (Lipinski definition) is 4. The summed E-state index contributed by atoms with van der Waals surface area (Å²) in [5, 5.41) is 1.33. The second kappa shape index (κ2) is 29.1. The molecule has 0 spiro atoms. The van der Waals surface area contributed by atoms with Crippen molar-refractivity contribution >= 4 is 22.3 Å². The zero-order chi connectivity index (χ0) is 44.2. The second-order valence-corrected chi connectivity index (χ2v) is 18.9. The van der Waals surface area contributed by atoms with E-state index in [1.165, 1.54) is 95.4 Å². The molecule has 0 aliphatic carbocycles. The van der Waals surface area contributed by atoms with Crippen LogP contribution in [0.1, 0.15) is 152 Å². The summed E-state index contributed by atoms with van der Waals surface area (Å²) >= 11 is 0. The lowest BCUT2D eigenvalue weighted by atomic mass is 9.99. The van der Waals surface area contributed by atoms with E-state index in [-0.39, 0.29) is 37.1 Å². The number of hydrogen-bond donors (Lipinski definition) is 0. The van der Waals surface area contributed by atoms with E-state index in [0.29, 0.717) is 30.2 Å². The first-order valence-electron chi connectivity index (χ1n) is 23.8. The average Bonchev–Trinajstić information content (AvgIpc) is 4.05. The number of benzene rings is 5. The minimum absolute atomic E-state index is 0. The Balaban J connectivity index is 0.000000411. The number of para-hydroxylation sites is 3. The molecule has 0 radical (unpaired) electrons. The molecular weight excluding hydrogens is 815 g/mol. The Labute approximate surface area is 413 Å². The Morgan fingerprint density at radius 1 is 0.343 bits per heavy atom. The summed E-state index contributed by atoms with van der Waals surface area (Å²) in [6, 6.07) is 48.8. The predicted molar refractivity (Wildman–Crippen MR) is 302 cm³/mol. The van der Waals surface area contributed by atoms with Gasteiger partial charge in [0.2, 0.25) is 0 Å². The maximum absolute atomic E-state index is 2.53. The molecule has 5 aromatic carbocycles. The third kappa shape index (κ3) is 16.1. The molecule has 0 N–H and O–H groups in total. The van der Waals surface area contributed by atoms with E-state index in [0.717, 1.165) is 19.6 Å². The predicted octanol–water partition coefficient (Wildman–Crippen LogP) is 16.6. The van der Waals surface area contributed by atoms with Crippen molar-refractivity contribution < 1.29 is 0 Å². The van der Waals surface area contributed by atoms with Crippen LogP contribution in [0.5, 0.6) is 0 Å². The Hall–Kier alpha value is -4.84. The maximum atomic E-state index is 2.53. The molecule has 10 rings (SSSR count). The van der Waals surface area contributed by atoms with Gasteiger partial charge in [-0.05, 0) is 158 Å². The number of rotatable bonds is 5. The van der Waals surface area contributed by atoms with Crippen molar-refractivity contribution in [3.63, 3.8) is 0 Å². The van der Waals surface area contributed by atoms with E-state index >= 15 is 0 Å². The molecule has 5 heteroatoms. The molecule has 67 heavy (non-hydrogen) atoms. The van der Waals surface area contributed by atoms with Crippen LogP contribution in [0.2, 0.25) is 0 Å². The lowest BCUT2D eigenvalue weighted by molar-refractivity contribution is 0.203. The van der Waals surface area contributed by atoms with Crippen LogP contribution in [0.4, 0.5) is 11.4 Å². The molecule has 4 aliphatic heterocycles. The molecule has 370 valence electrons. The zero-order valence-corrected chi connectivity index (χ0v) is 39.9. The standard InChI is InChI=1S/2C12H17N.2C11H15N.C11H13N.5CH4/c1-10(2)13-9-5-7-11-6-3-4-8-12(11)13;1-10(2)13-8-7-11-5-3-4-6-12(11)9-13;1-9(2)12-7-10-5-3-4-6-11(10)8-12;2*1-9(2)12-8-7-10-5-3-4-6-11(10)12;;;;;/h3-4,6,8,10H,5,7,9H2,1-2H3;3-6,10H,7-9H2,1-2H3;2*3-6,9H,7-8H2,1-2H3;3-9H,1-2H3;5*1H4. The van der Waals surface area contributed by atoms with Crippen LogP contribution in [0, 0.1) is 0 Å². The van der Waals surface area contributed by atoms with Crippen LogP contribution < -0.4 is 9.80 Å². The molecule has 0 amide bonds. The highest BCUT2D eigenvalue weighted by Crippen LogP contribution is 2.30. The molecule has 5 heterocycles. The fraction of sp³-hybridized carbons (Fsp3) is 0.484. The molecule has 1 aromatic heterocycles. The Kier molecular flexibility index (Phi) is 26.2. The van der Waals surface area contributed by atoms with Crippen LogP contribution >= 0.6 is 0 Å². The Bertz CT molecular complexity index is 2240. The Morgan fingerprint density at radius 2 is 0.746 bits per heavy atom. The maximum Gasteiger partial charge on any atom is 0.0482 e. The third-order valence-corrected chi connectivity index (χ3v) is 13.0. The lowest BCUT2D eigenvalue weighted by Gasteiger charge is -2.34. The van der Waals surface area contributed by atoms with Gasteiger partial charge in [0.1, 0.15) is 0 Å². The van der Waals surface area contributed by atoms with Crippen LogP contribution in [-0.4, -0.2) is 58.2 Å². The van der Waals surface area contributed by atoms with E-state index < -0.39 is 0 Å². The number of anilines is 2. The van der Waals surface area contributed by atoms with Crippen molar-refractivity contribution in [1.29, 1.82) is 0 Å². The second-order valence-electron chi connectivity index (χ2n) is 18.9. The lowest BCUT2D eigenvalue weighted by Crippen LogP contribution is -2.35. The minimum Gasteiger partial charge on any atom is -0.369 e. The number of nitrogens with zero attached hydrogens (tertiary/aromatic N) is 5. The summed E-state index contributed by atoms with van der Waals surface area (Å²) in [5.41, 5.74) is 13.3. The highest BCUT2D eigenvalue weighted by atomic mass is 15.2. The van der Waals surface area contributed by atoms with Gasteiger partial charge in [-0.2, -0.15) is 0 Å². The molecular formula is C62H97N5. The summed E-state index contributed by atoms with van der Waals surface area (Å²) < 4.78 is 2.29. The van der Waals surface area contributed by atoms with E-state index in [1.54, 1.807) is 5.56 Å². The summed E-state index contributed by atoms with van der Waals surface area (Å²) in [5.74, 6) is 0. The van der Waals surface area contributed by atoms with E-state index in [4.69, 9.17) is 0 Å². The SMILES string of the molecule is C.C.C.C.C.CC(C)N1CCCc2ccccc21.CC(C)N1CCc2ccccc21.CC(C)N1CCc2ccccc2C1.CC(C)N1Cc2ccccc2C1.CC(C)n1ccc2ccccc21. The van der Waals surface area contributed by atoms with Gasteiger partial charge in [0.05, 0.1) is 0 Å². The molecule has 0 atom stereocenters. The molecule has 6 aromatic rings. The van der Waals surface area contributed by atoms with Crippen LogP contribution in [-0.2, 0) is 38.9 Å². The van der Waals surface area contributed by atoms with Gasteiger partial charge in [0.25, 0.3) is 0 Å². The fourth-order valence-electron chi connectivity index (χ4n) is 9.24. The normalized spacial score (nSPS) is 14.3. The van der Waals surface area contributed by atoms with Gasteiger partial charge in [-0.25, -0.2) is 0 Å². The fourth-order valence-corrected chi connectivity index (χ4v) is 9.24. The van der Waals surface area contributed by atoms with Gasteiger partial charge in [0, 0.05) is 92.6 Å².